The number of benzene rings is 1. The number of rotatable bonds is 5. The molecule has 0 saturated carbocycles. The Bertz CT molecular complexity index is 427. The Morgan fingerprint density at radius 3 is 2.65 bits per heavy atom. The number of ether oxygens (including phenoxy) is 1. The van der Waals surface area contributed by atoms with Gasteiger partial charge in [0.25, 0.3) is 0 Å². The molecule has 0 bridgehead atoms. The van der Waals surface area contributed by atoms with Crippen LogP contribution in [0.25, 0.3) is 10.4 Å². The van der Waals surface area contributed by atoms with Gasteiger partial charge < -0.3 is 4.74 Å². The number of carbonyl (C=O) groups excluding carboxylic acids is 1. The van der Waals surface area contributed by atoms with Crippen LogP contribution in [0.15, 0.2) is 35.4 Å². The molecule has 0 aliphatic rings. The number of hydrogen-bond acceptors (Lipinski definition) is 3. The second-order valence-corrected chi connectivity index (χ2v) is 3.88. The molecule has 1 rings (SSSR count). The van der Waals surface area contributed by atoms with E-state index in [1.807, 2.05) is 30.3 Å². The molecule has 0 amide bonds. The fourth-order valence-electron chi connectivity index (χ4n) is 1.23. The van der Waals surface area contributed by atoms with E-state index in [1.165, 1.54) is 0 Å². The molecule has 90 valence electrons. The predicted octanol–water partition coefficient (Wildman–Crippen LogP) is 3.21. The smallest absolute Gasteiger partial charge is 0.318 e. The van der Waals surface area contributed by atoms with Gasteiger partial charge in [-0.1, -0.05) is 42.4 Å². The van der Waals surface area contributed by atoms with Crippen molar-refractivity contribution >= 4 is 5.97 Å². The summed E-state index contributed by atoms with van der Waals surface area (Å²) in [5, 5.41) is 3.49. The summed E-state index contributed by atoms with van der Waals surface area (Å²) in [7, 11) is 0. The molecule has 0 fully saturated rings. The molecule has 1 aromatic carbocycles. The zero-order chi connectivity index (χ0) is 12.7. The molecule has 0 saturated heterocycles. The van der Waals surface area contributed by atoms with E-state index in [4.69, 9.17) is 10.3 Å². The molecule has 1 aromatic rings. The lowest BCUT2D eigenvalue weighted by atomic mass is 10.0. The van der Waals surface area contributed by atoms with Crippen LogP contribution >= 0.6 is 0 Å². The van der Waals surface area contributed by atoms with E-state index in [1.54, 1.807) is 13.8 Å². The summed E-state index contributed by atoms with van der Waals surface area (Å²) in [5.74, 6) is -0.498. The van der Waals surface area contributed by atoms with Gasteiger partial charge in [-0.2, -0.15) is 0 Å². The van der Waals surface area contributed by atoms with Gasteiger partial charge in [0.05, 0.1) is 0 Å². The first-order valence-electron chi connectivity index (χ1n) is 5.40. The average molecular weight is 233 g/mol. The van der Waals surface area contributed by atoms with Crippen LogP contribution in [-0.4, -0.2) is 11.5 Å². The highest BCUT2D eigenvalue weighted by Crippen LogP contribution is 2.18. The molecule has 0 aliphatic heterocycles. The Balaban J connectivity index is 2.63. The molecule has 0 spiro atoms. The monoisotopic (exact) mass is 233 g/mol. The van der Waals surface area contributed by atoms with Crippen LogP contribution in [0.3, 0.4) is 0 Å². The number of nitrogens with zero attached hydrogens (tertiary/aromatic N) is 3. The van der Waals surface area contributed by atoms with E-state index < -0.39 is 11.5 Å². The fraction of sp³-hybridized carbons (Fsp3) is 0.417. The summed E-state index contributed by atoms with van der Waals surface area (Å²) < 4.78 is 5.13. The van der Waals surface area contributed by atoms with Crippen LogP contribution in [0.2, 0.25) is 0 Å². The van der Waals surface area contributed by atoms with E-state index in [0.29, 0.717) is 6.42 Å². The molecule has 5 nitrogen and oxygen atoms in total. The van der Waals surface area contributed by atoms with Gasteiger partial charge in [0.15, 0.2) is 0 Å². The van der Waals surface area contributed by atoms with E-state index in [-0.39, 0.29) is 6.61 Å². The minimum Gasteiger partial charge on any atom is -0.460 e. The highest BCUT2D eigenvalue weighted by Gasteiger charge is 2.31. The lowest BCUT2D eigenvalue weighted by Gasteiger charge is -2.19. The van der Waals surface area contributed by atoms with Gasteiger partial charge in [-0.15, -0.1) is 0 Å². The number of esters is 1. The highest BCUT2D eigenvalue weighted by molar-refractivity contribution is 5.80. The summed E-state index contributed by atoms with van der Waals surface area (Å²) in [4.78, 5) is 14.5. The first-order valence-corrected chi connectivity index (χ1v) is 5.40. The normalized spacial score (nSPS) is 13.3. The lowest BCUT2D eigenvalue weighted by Crippen LogP contribution is -2.33. The second-order valence-electron chi connectivity index (χ2n) is 3.88. The van der Waals surface area contributed by atoms with Crippen molar-refractivity contribution in [3.05, 3.63) is 46.3 Å². The molecule has 0 aromatic heterocycles. The third-order valence-electron chi connectivity index (χ3n) is 2.61. The van der Waals surface area contributed by atoms with Gasteiger partial charge in [-0.3, -0.25) is 4.79 Å². The quantitative estimate of drug-likeness (QED) is 0.339. The SMILES string of the molecule is CCC(C)(N=[N+]=[N-])C(=O)OCc1ccccc1. The van der Waals surface area contributed by atoms with Crippen molar-refractivity contribution in [2.75, 3.05) is 0 Å². The van der Waals surface area contributed by atoms with Crippen LogP contribution in [0.5, 0.6) is 0 Å². The summed E-state index contributed by atoms with van der Waals surface area (Å²) in [6.45, 7) is 3.54. The third-order valence-corrected chi connectivity index (χ3v) is 2.61. The maximum atomic E-state index is 11.8. The van der Waals surface area contributed by atoms with Crippen LogP contribution in [0, 0.1) is 0 Å². The number of carbonyl (C=O) groups is 1. The van der Waals surface area contributed by atoms with Crippen molar-refractivity contribution in [2.45, 2.75) is 32.4 Å². The third kappa shape index (κ3) is 3.50. The lowest BCUT2D eigenvalue weighted by molar-refractivity contribution is -0.150. The van der Waals surface area contributed by atoms with Crippen LogP contribution in [0.1, 0.15) is 25.8 Å². The largest absolute Gasteiger partial charge is 0.460 e. The summed E-state index contributed by atoms with van der Waals surface area (Å²) >= 11 is 0. The summed E-state index contributed by atoms with van der Waals surface area (Å²) in [6, 6.07) is 9.36. The van der Waals surface area contributed by atoms with Crippen molar-refractivity contribution in [1.82, 2.24) is 0 Å². The van der Waals surface area contributed by atoms with E-state index in [9.17, 15) is 4.79 Å². The summed E-state index contributed by atoms with van der Waals surface area (Å²) in [6.07, 6.45) is 0.407. The average Bonchev–Trinajstić information content (AvgIpc) is 2.37. The predicted molar refractivity (Wildman–Crippen MR) is 64.1 cm³/mol. The minimum atomic E-state index is -1.12. The first kappa shape index (κ1) is 13.1. The van der Waals surface area contributed by atoms with Gasteiger partial charge in [0.1, 0.15) is 12.1 Å². The Hall–Kier alpha value is -2.00. The van der Waals surface area contributed by atoms with Gasteiger partial charge in [-0.25, -0.2) is 0 Å². The van der Waals surface area contributed by atoms with Gasteiger partial charge in [0.2, 0.25) is 0 Å². The molecule has 5 heteroatoms. The van der Waals surface area contributed by atoms with Crippen molar-refractivity contribution in [3.8, 4) is 0 Å². The fourth-order valence-corrected chi connectivity index (χ4v) is 1.23. The van der Waals surface area contributed by atoms with Crippen molar-refractivity contribution in [2.24, 2.45) is 5.11 Å². The topological polar surface area (TPSA) is 75.1 Å². The van der Waals surface area contributed by atoms with Crippen molar-refractivity contribution < 1.29 is 9.53 Å². The summed E-state index contributed by atoms with van der Waals surface area (Å²) in [5.41, 5.74) is 8.20. The standard InChI is InChI=1S/C12H15N3O2/c1-3-12(2,14-15-13)11(16)17-9-10-7-5-4-6-8-10/h4-8H,3,9H2,1-2H3. The van der Waals surface area contributed by atoms with Gasteiger partial charge in [0, 0.05) is 4.91 Å². The molecule has 0 N–H and O–H groups in total. The Labute approximate surface area is 100 Å². The highest BCUT2D eigenvalue weighted by atomic mass is 16.5. The van der Waals surface area contributed by atoms with Crippen LogP contribution in [0.4, 0.5) is 0 Å². The molecular formula is C12H15N3O2. The maximum absolute atomic E-state index is 11.8. The Morgan fingerprint density at radius 1 is 1.47 bits per heavy atom. The molecular weight excluding hydrogens is 218 g/mol. The number of azide groups is 1. The van der Waals surface area contributed by atoms with Crippen LogP contribution < -0.4 is 0 Å². The van der Waals surface area contributed by atoms with E-state index in [0.717, 1.165) is 5.56 Å². The number of hydrogen-bond donors (Lipinski definition) is 0. The van der Waals surface area contributed by atoms with Crippen LogP contribution in [-0.2, 0) is 16.1 Å². The first-order chi connectivity index (χ1) is 8.12. The van der Waals surface area contributed by atoms with Crippen molar-refractivity contribution in [3.63, 3.8) is 0 Å². The molecule has 0 aliphatic carbocycles. The molecule has 1 atom stereocenters. The Kier molecular flexibility index (Phi) is 4.55. The molecule has 0 radical (unpaired) electrons. The van der Waals surface area contributed by atoms with Crippen molar-refractivity contribution in [1.29, 1.82) is 0 Å². The van der Waals surface area contributed by atoms with E-state index in [2.05, 4.69) is 10.0 Å². The molecule has 17 heavy (non-hydrogen) atoms. The van der Waals surface area contributed by atoms with Gasteiger partial charge in [-0.05, 0) is 24.4 Å². The van der Waals surface area contributed by atoms with Gasteiger partial charge >= 0.3 is 5.97 Å². The molecule has 0 heterocycles. The zero-order valence-corrected chi connectivity index (χ0v) is 9.96. The van der Waals surface area contributed by atoms with E-state index >= 15 is 0 Å². The molecule has 1 unspecified atom stereocenters. The minimum absolute atomic E-state index is 0.191. The maximum Gasteiger partial charge on any atom is 0.318 e. The second kappa shape index (κ2) is 5.92. The Morgan fingerprint density at radius 2 is 2.12 bits per heavy atom. The zero-order valence-electron chi connectivity index (χ0n) is 9.96.